The monoisotopic (exact) mass is 376 g/mol. The second-order valence-corrected chi connectivity index (χ2v) is 7.69. The van der Waals surface area contributed by atoms with Crippen LogP contribution in [0.25, 0.3) is 20.0 Å². The van der Waals surface area contributed by atoms with E-state index in [-0.39, 0.29) is 14.5 Å². The summed E-state index contributed by atoms with van der Waals surface area (Å²) in [5, 5.41) is 0. The fraction of sp³-hybridized carbons (Fsp3) is 0.0909. The number of aryl methyl sites for hydroxylation is 1. The van der Waals surface area contributed by atoms with Crippen molar-refractivity contribution in [2.45, 2.75) is 6.92 Å². The van der Waals surface area contributed by atoms with E-state index in [4.69, 9.17) is 17.6 Å². The van der Waals surface area contributed by atoms with E-state index in [9.17, 15) is 0 Å². The number of hydrogen-bond donors (Lipinski definition) is 0. The van der Waals surface area contributed by atoms with Gasteiger partial charge in [0.15, 0.2) is 0 Å². The molecule has 0 radical (unpaired) electrons. The number of terminal acetylenes is 2. The average molecular weight is 375 g/mol. The normalized spacial score (nSPS) is 10.0. The van der Waals surface area contributed by atoms with E-state index < -0.39 is 0 Å². The van der Waals surface area contributed by atoms with Crippen LogP contribution in [0, 0.1) is 31.6 Å². The third kappa shape index (κ3) is 3.04. The predicted octanol–water partition coefficient (Wildman–Crippen LogP) is 4.36. The van der Waals surface area contributed by atoms with Crippen LogP contribution in [-0.4, -0.2) is 21.6 Å². The number of hydrogen-bond acceptors (Lipinski definition) is 1. The van der Waals surface area contributed by atoms with Crippen molar-refractivity contribution in [1.29, 1.82) is 0 Å². The molecule has 0 saturated heterocycles. The summed E-state index contributed by atoms with van der Waals surface area (Å²) < 4.78 is 7.80. The van der Waals surface area contributed by atoms with E-state index in [1.165, 1.54) is 14.4 Å². The quantitative estimate of drug-likeness (QED) is 0.488. The van der Waals surface area contributed by atoms with Crippen molar-refractivity contribution in [3.8, 4) is 50.4 Å². The van der Waals surface area contributed by atoms with E-state index in [1.54, 1.807) is 7.11 Å². The van der Waals surface area contributed by atoms with Gasteiger partial charge in [0, 0.05) is 0 Å². The number of ether oxygens (including phenoxy) is 1. The van der Waals surface area contributed by atoms with Crippen LogP contribution in [-0.2, 0) is 0 Å². The molecule has 2 heteroatoms. The maximum atomic E-state index is 5.68. The maximum absolute atomic E-state index is 5.68. The summed E-state index contributed by atoms with van der Waals surface area (Å²) in [4.78, 5) is 0. The predicted molar refractivity (Wildman–Crippen MR) is 101 cm³/mol. The molecule has 3 aromatic rings. The van der Waals surface area contributed by atoms with Crippen LogP contribution in [0.3, 0.4) is 0 Å². The van der Waals surface area contributed by atoms with Crippen LogP contribution in [0.1, 0.15) is 16.7 Å². The Labute approximate surface area is 149 Å². The molecule has 0 unspecified atom stereocenters. The molecule has 2 aromatic carbocycles. The first-order valence-electron chi connectivity index (χ1n) is 7.48. The molecular weight excluding hydrogens is 359 g/mol. The van der Waals surface area contributed by atoms with E-state index in [1.807, 2.05) is 18.2 Å². The molecule has 0 N–H and O–H groups in total. The minimum absolute atomic E-state index is 0.168. The Balaban J connectivity index is 2.07. The molecule has 0 spiro atoms. The number of benzene rings is 2. The number of methoxy groups -OCH3 is 1. The SMILES string of the molecule is C#Cc1cc(C)ccc1-c1ccc(-c2ccc(OC)cc2C#C)[se]1. The molecule has 0 fully saturated rings. The van der Waals surface area contributed by atoms with Crippen molar-refractivity contribution in [2.75, 3.05) is 7.11 Å². The zero-order chi connectivity index (χ0) is 17.1. The summed E-state index contributed by atoms with van der Waals surface area (Å²) >= 11 is 0.168. The Kier molecular flexibility index (Phi) is 4.64. The van der Waals surface area contributed by atoms with Crippen LogP contribution in [0.15, 0.2) is 48.5 Å². The Morgan fingerprint density at radius 3 is 2.00 bits per heavy atom. The molecule has 0 aliphatic carbocycles. The molecule has 1 nitrogen and oxygen atoms in total. The third-order valence-electron chi connectivity index (χ3n) is 3.85. The molecule has 0 bridgehead atoms. The zero-order valence-corrected chi connectivity index (χ0v) is 15.3. The topological polar surface area (TPSA) is 9.23 Å². The van der Waals surface area contributed by atoms with Crippen molar-refractivity contribution in [1.82, 2.24) is 0 Å². The fourth-order valence-electron chi connectivity index (χ4n) is 2.60. The Hall–Kier alpha value is -2.64. The summed E-state index contributed by atoms with van der Waals surface area (Å²) in [6, 6.07) is 16.5. The van der Waals surface area contributed by atoms with Crippen LogP contribution >= 0.6 is 0 Å². The van der Waals surface area contributed by atoms with Crippen molar-refractivity contribution < 1.29 is 4.74 Å². The second-order valence-electron chi connectivity index (χ2n) is 5.41. The molecule has 24 heavy (non-hydrogen) atoms. The first-order chi connectivity index (χ1) is 11.7. The van der Waals surface area contributed by atoms with Gasteiger partial charge in [-0.1, -0.05) is 0 Å². The van der Waals surface area contributed by atoms with Crippen molar-refractivity contribution in [3.05, 3.63) is 65.2 Å². The second kappa shape index (κ2) is 6.86. The van der Waals surface area contributed by atoms with Gasteiger partial charge in [0.1, 0.15) is 0 Å². The van der Waals surface area contributed by atoms with E-state index in [2.05, 4.69) is 49.1 Å². The van der Waals surface area contributed by atoms with Gasteiger partial charge in [-0.15, -0.1) is 0 Å². The van der Waals surface area contributed by atoms with Gasteiger partial charge in [0.05, 0.1) is 0 Å². The van der Waals surface area contributed by atoms with Gasteiger partial charge in [-0.3, -0.25) is 0 Å². The third-order valence-corrected chi connectivity index (χ3v) is 6.27. The molecule has 0 aliphatic heterocycles. The fourth-order valence-corrected chi connectivity index (χ4v) is 4.88. The Bertz CT molecular complexity index is 980. The molecule has 0 aliphatic rings. The Morgan fingerprint density at radius 1 is 0.833 bits per heavy atom. The van der Waals surface area contributed by atoms with Gasteiger partial charge in [0.25, 0.3) is 0 Å². The standard InChI is InChI=1S/C22H16OSe/c1-5-16-13-15(3)7-9-19(16)21-11-12-22(24-21)20-10-8-18(23-4)14-17(20)6-2/h1-2,7-14H,3-4H3. The van der Waals surface area contributed by atoms with Crippen molar-refractivity contribution >= 4 is 14.5 Å². The van der Waals surface area contributed by atoms with Crippen molar-refractivity contribution in [3.63, 3.8) is 0 Å². The zero-order valence-electron chi connectivity index (χ0n) is 13.6. The summed E-state index contributed by atoms with van der Waals surface area (Å²) in [7, 11) is 1.65. The summed E-state index contributed by atoms with van der Waals surface area (Å²) in [5.74, 6) is 6.35. The summed E-state index contributed by atoms with van der Waals surface area (Å²) in [6.07, 6.45) is 11.4. The van der Waals surface area contributed by atoms with Gasteiger partial charge in [-0.05, 0) is 0 Å². The van der Waals surface area contributed by atoms with Gasteiger partial charge in [-0.2, -0.15) is 0 Å². The molecule has 1 heterocycles. The van der Waals surface area contributed by atoms with E-state index in [0.29, 0.717) is 0 Å². The summed E-state index contributed by atoms with van der Waals surface area (Å²) in [5.41, 5.74) is 5.22. The molecule has 0 atom stereocenters. The average Bonchev–Trinajstić information content (AvgIpc) is 3.10. The van der Waals surface area contributed by atoms with Gasteiger partial charge in [0.2, 0.25) is 0 Å². The Morgan fingerprint density at radius 2 is 1.42 bits per heavy atom. The van der Waals surface area contributed by atoms with Crippen LogP contribution < -0.4 is 4.74 Å². The molecule has 116 valence electrons. The molecule has 3 rings (SSSR count). The minimum atomic E-state index is 0.168. The first-order valence-corrected chi connectivity index (χ1v) is 9.20. The summed E-state index contributed by atoms with van der Waals surface area (Å²) in [6.45, 7) is 2.05. The van der Waals surface area contributed by atoms with E-state index in [0.717, 1.165) is 28.0 Å². The molecule has 0 amide bonds. The van der Waals surface area contributed by atoms with Gasteiger partial charge in [-0.25, -0.2) is 0 Å². The molecule has 0 saturated carbocycles. The van der Waals surface area contributed by atoms with E-state index >= 15 is 0 Å². The van der Waals surface area contributed by atoms with Crippen molar-refractivity contribution in [2.24, 2.45) is 0 Å². The first kappa shape index (κ1) is 16.2. The molecule has 1 aromatic heterocycles. The van der Waals surface area contributed by atoms with Gasteiger partial charge >= 0.3 is 149 Å². The van der Waals surface area contributed by atoms with Crippen LogP contribution in [0.2, 0.25) is 0 Å². The number of rotatable bonds is 3. The van der Waals surface area contributed by atoms with Crippen LogP contribution in [0.5, 0.6) is 5.75 Å². The molecular formula is C22H16OSe. The van der Waals surface area contributed by atoms with Gasteiger partial charge < -0.3 is 0 Å². The van der Waals surface area contributed by atoms with Crippen LogP contribution in [0.4, 0.5) is 0 Å².